The highest BCUT2D eigenvalue weighted by molar-refractivity contribution is 7.98. The summed E-state index contributed by atoms with van der Waals surface area (Å²) in [6.07, 6.45) is 4.32. The predicted molar refractivity (Wildman–Crippen MR) is 108 cm³/mol. The van der Waals surface area contributed by atoms with Crippen LogP contribution in [0.1, 0.15) is 21.7 Å². The molecule has 1 N–H and O–H groups in total. The maximum absolute atomic E-state index is 12.2. The molecule has 0 bridgehead atoms. The molecule has 4 rings (SSSR count). The van der Waals surface area contributed by atoms with E-state index in [2.05, 4.69) is 48.0 Å². The van der Waals surface area contributed by atoms with E-state index < -0.39 is 0 Å². The summed E-state index contributed by atoms with van der Waals surface area (Å²) in [6, 6.07) is 16.6. The third kappa shape index (κ3) is 3.74. The molecule has 0 radical (unpaired) electrons. The lowest BCUT2D eigenvalue weighted by Gasteiger charge is -2.11. The number of carbonyl (C=O) groups is 1. The normalized spacial score (nSPS) is 15.3. The molecule has 138 valence electrons. The molecule has 1 aliphatic heterocycles. The zero-order valence-corrected chi connectivity index (χ0v) is 16.1. The molecule has 0 saturated carbocycles. The van der Waals surface area contributed by atoms with Crippen LogP contribution in [0.15, 0.2) is 64.1 Å². The molecule has 2 heterocycles. The van der Waals surface area contributed by atoms with Gasteiger partial charge in [-0.15, -0.1) is 11.8 Å². The van der Waals surface area contributed by atoms with Gasteiger partial charge in [0.2, 0.25) is 0 Å². The fraction of sp³-hybridized carbons (Fsp3) is 0.227. The highest BCUT2D eigenvalue weighted by atomic mass is 32.2. The van der Waals surface area contributed by atoms with Crippen LogP contribution >= 0.6 is 11.8 Å². The molecule has 1 unspecified atom stereocenters. The monoisotopic (exact) mass is 379 g/mol. The molecule has 0 fully saturated rings. The predicted octanol–water partition coefficient (Wildman–Crippen LogP) is 4.71. The molecule has 0 spiro atoms. The number of rotatable bonds is 5. The largest absolute Gasteiger partial charge is 0.488 e. The van der Waals surface area contributed by atoms with E-state index in [9.17, 15) is 4.79 Å². The van der Waals surface area contributed by atoms with Crippen molar-refractivity contribution in [1.29, 1.82) is 0 Å². The first-order valence-electron chi connectivity index (χ1n) is 8.90. The fourth-order valence-electron chi connectivity index (χ4n) is 3.29. The number of aryl methyl sites for hydroxylation is 1. The molecule has 2 aromatic carbocycles. The first-order chi connectivity index (χ1) is 13.1. The Balaban J connectivity index is 1.41. The third-order valence-electron chi connectivity index (χ3n) is 4.78. The lowest BCUT2D eigenvalue weighted by atomic mass is 10.0. The topological polar surface area (TPSA) is 51.5 Å². The van der Waals surface area contributed by atoms with E-state index in [0.29, 0.717) is 12.3 Å². The summed E-state index contributed by atoms with van der Waals surface area (Å²) >= 11 is 1.74. The smallest absolute Gasteiger partial charge is 0.287 e. The summed E-state index contributed by atoms with van der Waals surface area (Å²) < 4.78 is 11.2. The number of thioether (sulfide) groups is 1. The standard InChI is InChI=1S/C22H21NO3S/c1-14-9-10-25-21(14)22(24)23-13-18-12-17-11-16(5-8-20(17)26-18)15-3-6-19(27-2)7-4-15/h3-11,18H,12-13H2,1-2H3,(H,23,24). The van der Waals surface area contributed by atoms with E-state index in [-0.39, 0.29) is 12.0 Å². The Morgan fingerprint density at radius 2 is 1.93 bits per heavy atom. The van der Waals surface area contributed by atoms with Crippen molar-refractivity contribution in [1.82, 2.24) is 5.32 Å². The van der Waals surface area contributed by atoms with Gasteiger partial charge >= 0.3 is 0 Å². The maximum Gasteiger partial charge on any atom is 0.287 e. The Morgan fingerprint density at radius 1 is 1.15 bits per heavy atom. The number of nitrogens with one attached hydrogen (secondary N) is 1. The molecular weight excluding hydrogens is 358 g/mol. The van der Waals surface area contributed by atoms with E-state index in [1.54, 1.807) is 17.8 Å². The van der Waals surface area contributed by atoms with Crippen LogP contribution in [0, 0.1) is 6.92 Å². The minimum atomic E-state index is -0.202. The minimum Gasteiger partial charge on any atom is -0.488 e. The van der Waals surface area contributed by atoms with Crippen LogP contribution in [0.5, 0.6) is 5.75 Å². The Kier molecular flexibility index (Phi) is 4.94. The summed E-state index contributed by atoms with van der Waals surface area (Å²) in [5, 5.41) is 2.90. The van der Waals surface area contributed by atoms with Crippen molar-refractivity contribution in [3.63, 3.8) is 0 Å². The highest BCUT2D eigenvalue weighted by Gasteiger charge is 2.24. The lowest BCUT2D eigenvalue weighted by Crippen LogP contribution is -2.34. The zero-order chi connectivity index (χ0) is 18.8. The van der Waals surface area contributed by atoms with Gasteiger partial charge < -0.3 is 14.5 Å². The summed E-state index contributed by atoms with van der Waals surface area (Å²) in [4.78, 5) is 13.4. The van der Waals surface area contributed by atoms with Crippen LogP contribution in [-0.2, 0) is 6.42 Å². The fourth-order valence-corrected chi connectivity index (χ4v) is 3.70. The Bertz CT molecular complexity index is 962. The van der Waals surface area contributed by atoms with Crippen LogP contribution in [0.4, 0.5) is 0 Å². The molecule has 4 nitrogen and oxygen atoms in total. The Hall–Kier alpha value is -2.66. The molecule has 3 aromatic rings. The van der Waals surface area contributed by atoms with Gasteiger partial charge in [-0.25, -0.2) is 0 Å². The van der Waals surface area contributed by atoms with Gasteiger partial charge in [0.1, 0.15) is 11.9 Å². The van der Waals surface area contributed by atoms with Crippen molar-refractivity contribution in [2.75, 3.05) is 12.8 Å². The van der Waals surface area contributed by atoms with Crippen molar-refractivity contribution >= 4 is 17.7 Å². The average molecular weight is 379 g/mol. The van der Waals surface area contributed by atoms with E-state index >= 15 is 0 Å². The van der Waals surface area contributed by atoms with E-state index in [0.717, 1.165) is 17.7 Å². The molecule has 1 aliphatic rings. The van der Waals surface area contributed by atoms with E-state index in [1.165, 1.54) is 27.8 Å². The second-order valence-electron chi connectivity index (χ2n) is 6.64. The first-order valence-corrected chi connectivity index (χ1v) is 10.1. The SMILES string of the molecule is CSc1ccc(-c2ccc3c(c2)CC(CNC(=O)c2occc2C)O3)cc1. The van der Waals surface area contributed by atoms with Gasteiger partial charge in [-0.05, 0) is 60.2 Å². The van der Waals surface area contributed by atoms with Gasteiger partial charge in [0.15, 0.2) is 5.76 Å². The molecule has 1 amide bonds. The minimum absolute atomic E-state index is 0.0617. The molecule has 1 aromatic heterocycles. The molecule has 0 aliphatic carbocycles. The molecule has 1 atom stereocenters. The van der Waals surface area contributed by atoms with Crippen molar-refractivity contribution in [3.8, 4) is 16.9 Å². The van der Waals surface area contributed by atoms with Gasteiger partial charge in [-0.1, -0.05) is 18.2 Å². The van der Waals surface area contributed by atoms with Crippen molar-refractivity contribution in [2.24, 2.45) is 0 Å². The average Bonchev–Trinajstić information content (AvgIpc) is 3.31. The van der Waals surface area contributed by atoms with Crippen LogP contribution in [0.2, 0.25) is 0 Å². The second kappa shape index (κ2) is 7.53. The summed E-state index contributed by atoms with van der Waals surface area (Å²) in [6.45, 7) is 2.30. The first kappa shape index (κ1) is 17.7. The van der Waals surface area contributed by atoms with E-state index in [1.807, 2.05) is 13.0 Å². The Labute approximate surface area is 162 Å². The lowest BCUT2D eigenvalue weighted by molar-refractivity contribution is 0.0905. The molecular formula is C22H21NO3S. The van der Waals surface area contributed by atoms with E-state index in [4.69, 9.17) is 9.15 Å². The maximum atomic E-state index is 12.2. The van der Waals surface area contributed by atoms with Crippen molar-refractivity contribution < 1.29 is 13.9 Å². The number of carbonyl (C=O) groups excluding carboxylic acids is 1. The molecule has 5 heteroatoms. The number of benzene rings is 2. The summed E-state index contributed by atoms with van der Waals surface area (Å²) in [7, 11) is 0. The number of hydrogen-bond acceptors (Lipinski definition) is 4. The number of ether oxygens (including phenoxy) is 1. The van der Waals surface area contributed by atoms with Gasteiger partial charge in [-0.3, -0.25) is 4.79 Å². The molecule has 27 heavy (non-hydrogen) atoms. The zero-order valence-electron chi connectivity index (χ0n) is 15.3. The van der Waals surface area contributed by atoms with Gasteiger partial charge in [0, 0.05) is 16.9 Å². The van der Waals surface area contributed by atoms with Crippen LogP contribution in [0.3, 0.4) is 0 Å². The summed E-state index contributed by atoms with van der Waals surface area (Å²) in [5.41, 5.74) is 4.39. The number of furan rings is 1. The number of fused-ring (bicyclic) bond motifs is 1. The number of amides is 1. The van der Waals surface area contributed by atoms with Crippen LogP contribution < -0.4 is 10.1 Å². The number of hydrogen-bond donors (Lipinski definition) is 1. The van der Waals surface area contributed by atoms with Crippen LogP contribution in [-0.4, -0.2) is 24.8 Å². The van der Waals surface area contributed by atoms with Gasteiger partial charge in [0.25, 0.3) is 5.91 Å². The molecule has 0 saturated heterocycles. The van der Waals surface area contributed by atoms with Gasteiger partial charge in [0.05, 0.1) is 12.8 Å². The van der Waals surface area contributed by atoms with Gasteiger partial charge in [-0.2, -0.15) is 0 Å². The van der Waals surface area contributed by atoms with Crippen LogP contribution in [0.25, 0.3) is 11.1 Å². The quantitative estimate of drug-likeness (QED) is 0.652. The highest BCUT2D eigenvalue weighted by Crippen LogP contribution is 2.33. The van der Waals surface area contributed by atoms with Crippen molar-refractivity contribution in [2.45, 2.75) is 24.3 Å². The van der Waals surface area contributed by atoms with Crippen molar-refractivity contribution in [3.05, 3.63) is 71.7 Å². The summed E-state index contributed by atoms with van der Waals surface area (Å²) in [5.74, 6) is 1.06. The Morgan fingerprint density at radius 3 is 2.63 bits per heavy atom. The third-order valence-corrected chi connectivity index (χ3v) is 5.53. The second-order valence-corrected chi connectivity index (χ2v) is 7.52.